The Hall–Kier alpha value is -2.82. The van der Waals surface area contributed by atoms with E-state index in [1.165, 1.54) is 154 Å². The predicted octanol–water partition coefficient (Wildman–Crippen LogP) is 14.9. The normalized spacial score (nSPS) is 11.2. The summed E-state index contributed by atoms with van der Waals surface area (Å²) in [5, 5.41) is 0. The molecule has 65 heavy (non-hydrogen) atoms. The second-order valence-corrected chi connectivity index (χ2v) is 17.8. The van der Waals surface area contributed by atoms with Gasteiger partial charge in [-0.05, 0) is 38.3 Å². The average molecular weight is 919 g/mol. The number of esters is 2. The van der Waals surface area contributed by atoms with Crippen LogP contribution in [0.5, 0.6) is 17.2 Å². The SMILES string of the molecule is C=C(C)C(=O)OCCOCCOCCOCCOC(=O)c1cc(OCCCCCCCCCCCC)c(OCCCCCCCCCCCC)c(OCCCCCCCCCCCC)c1. The van der Waals surface area contributed by atoms with E-state index in [4.69, 9.17) is 37.9 Å². The van der Waals surface area contributed by atoms with Gasteiger partial charge in [0, 0.05) is 5.57 Å². The van der Waals surface area contributed by atoms with Crippen LogP contribution in [0.1, 0.15) is 231 Å². The van der Waals surface area contributed by atoms with Crippen LogP contribution in [0.4, 0.5) is 0 Å². The number of carbonyl (C=O) groups excluding carboxylic acids is 2. The molecule has 0 radical (unpaired) electrons. The molecule has 0 amide bonds. The van der Waals surface area contributed by atoms with Crippen LogP contribution < -0.4 is 14.2 Å². The molecule has 0 heterocycles. The average Bonchev–Trinajstić information content (AvgIpc) is 3.30. The fraction of sp³-hybridized carbons (Fsp3) is 0.818. The lowest BCUT2D eigenvalue weighted by Gasteiger charge is -2.19. The molecule has 0 fully saturated rings. The third kappa shape index (κ3) is 36.9. The zero-order chi connectivity index (χ0) is 47.1. The van der Waals surface area contributed by atoms with Crippen LogP contribution in [0.2, 0.25) is 0 Å². The second kappa shape index (κ2) is 46.3. The number of ether oxygens (including phenoxy) is 8. The first-order chi connectivity index (χ1) is 31.9. The molecule has 0 unspecified atom stereocenters. The topological polar surface area (TPSA) is 108 Å². The summed E-state index contributed by atoms with van der Waals surface area (Å²) in [4.78, 5) is 24.9. The fourth-order valence-electron chi connectivity index (χ4n) is 7.49. The van der Waals surface area contributed by atoms with E-state index in [9.17, 15) is 9.59 Å². The summed E-state index contributed by atoms with van der Waals surface area (Å²) in [6.45, 7) is 15.9. The van der Waals surface area contributed by atoms with Crippen LogP contribution in [0, 0.1) is 0 Å². The van der Waals surface area contributed by atoms with E-state index in [-0.39, 0.29) is 19.8 Å². The molecule has 378 valence electrons. The van der Waals surface area contributed by atoms with Crippen molar-refractivity contribution in [3.63, 3.8) is 0 Å². The van der Waals surface area contributed by atoms with Gasteiger partial charge in [0.2, 0.25) is 5.75 Å². The van der Waals surface area contributed by atoms with Crippen molar-refractivity contribution in [1.82, 2.24) is 0 Å². The summed E-state index contributed by atoms with van der Waals surface area (Å²) in [5.41, 5.74) is 0.741. The summed E-state index contributed by atoms with van der Waals surface area (Å²) >= 11 is 0. The zero-order valence-corrected chi connectivity index (χ0v) is 42.4. The summed E-state index contributed by atoms with van der Waals surface area (Å²) in [5.74, 6) is 0.810. The van der Waals surface area contributed by atoms with Crippen molar-refractivity contribution >= 4 is 11.9 Å². The van der Waals surface area contributed by atoms with Crippen LogP contribution in [-0.4, -0.2) is 84.6 Å². The highest BCUT2D eigenvalue weighted by atomic mass is 16.6. The van der Waals surface area contributed by atoms with Crippen molar-refractivity contribution in [1.29, 1.82) is 0 Å². The molecule has 1 rings (SSSR count). The molecular formula is C55H98O10. The number of rotatable bonds is 50. The maximum atomic E-state index is 13.5. The summed E-state index contributed by atoms with van der Waals surface area (Å²) in [6, 6.07) is 3.53. The highest BCUT2D eigenvalue weighted by molar-refractivity contribution is 5.91. The van der Waals surface area contributed by atoms with Crippen LogP contribution in [0.25, 0.3) is 0 Å². The minimum atomic E-state index is -0.454. The van der Waals surface area contributed by atoms with Gasteiger partial charge < -0.3 is 37.9 Å². The van der Waals surface area contributed by atoms with E-state index in [1.54, 1.807) is 19.1 Å². The molecule has 0 aromatic heterocycles. The van der Waals surface area contributed by atoms with Crippen LogP contribution in [0.15, 0.2) is 24.3 Å². The summed E-state index contributed by atoms with van der Waals surface area (Å²) < 4.78 is 46.7. The molecule has 0 atom stereocenters. The number of hydrogen-bond donors (Lipinski definition) is 0. The Morgan fingerprint density at radius 1 is 0.385 bits per heavy atom. The van der Waals surface area contributed by atoms with Gasteiger partial charge in [-0.2, -0.15) is 0 Å². The van der Waals surface area contributed by atoms with Gasteiger partial charge in [-0.3, -0.25) is 0 Å². The lowest BCUT2D eigenvalue weighted by Crippen LogP contribution is -2.15. The molecule has 0 saturated carbocycles. The quantitative estimate of drug-likeness (QED) is 0.0356. The Morgan fingerprint density at radius 3 is 1.02 bits per heavy atom. The molecule has 0 N–H and O–H groups in total. The zero-order valence-electron chi connectivity index (χ0n) is 42.4. The van der Waals surface area contributed by atoms with Gasteiger partial charge in [0.1, 0.15) is 13.2 Å². The van der Waals surface area contributed by atoms with E-state index in [1.807, 2.05) is 0 Å². The van der Waals surface area contributed by atoms with Gasteiger partial charge in [-0.25, -0.2) is 9.59 Å². The first-order valence-corrected chi connectivity index (χ1v) is 26.7. The van der Waals surface area contributed by atoms with Crippen LogP contribution >= 0.6 is 0 Å². The first-order valence-electron chi connectivity index (χ1n) is 26.7. The molecule has 10 nitrogen and oxygen atoms in total. The Labute approximate surface area is 398 Å². The van der Waals surface area contributed by atoms with Crippen LogP contribution in [0.3, 0.4) is 0 Å². The van der Waals surface area contributed by atoms with E-state index < -0.39 is 11.9 Å². The third-order valence-corrected chi connectivity index (χ3v) is 11.5. The molecule has 1 aromatic rings. The van der Waals surface area contributed by atoms with E-state index >= 15 is 0 Å². The van der Waals surface area contributed by atoms with Crippen molar-refractivity contribution < 1.29 is 47.5 Å². The molecule has 0 aliphatic carbocycles. The smallest absolute Gasteiger partial charge is 0.338 e. The maximum Gasteiger partial charge on any atom is 0.338 e. The van der Waals surface area contributed by atoms with Gasteiger partial charge in [0.15, 0.2) is 11.5 Å². The monoisotopic (exact) mass is 919 g/mol. The molecule has 0 bridgehead atoms. The van der Waals surface area contributed by atoms with Crippen molar-refractivity contribution in [2.75, 3.05) is 72.7 Å². The lowest BCUT2D eigenvalue weighted by atomic mass is 10.1. The van der Waals surface area contributed by atoms with Crippen molar-refractivity contribution in [3.8, 4) is 17.2 Å². The minimum Gasteiger partial charge on any atom is -0.490 e. The number of hydrogen-bond acceptors (Lipinski definition) is 10. The Morgan fingerprint density at radius 2 is 0.677 bits per heavy atom. The predicted molar refractivity (Wildman–Crippen MR) is 267 cm³/mol. The molecule has 1 aromatic carbocycles. The highest BCUT2D eigenvalue weighted by Gasteiger charge is 2.20. The fourth-order valence-corrected chi connectivity index (χ4v) is 7.49. The standard InChI is InChI=1S/C55H98O10/c1-6-9-12-15-18-21-24-27-30-33-36-61-51-47-50(55(57)65-46-44-60-42-40-58-39-41-59-43-45-64-54(56)49(4)5)48-52(62-37-34-31-28-25-22-19-16-13-10-7-2)53(51)63-38-35-32-29-26-23-20-17-14-11-8-3/h47-48H,4,6-46H2,1-3,5H3. The molecule has 0 aliphatic heterocycles. The number of benzene rings is 1. The molecular weight excluding hydrogens is 821 g/mol. The number of unbranched alkanes of at least 4 members (excludes halogenated alkanes) is 27. The van der Waals surface area contributed by atoms with Gasteiger partial charge >= 0.3 is 11.9 Å². The van der Waals surface area contributed by atoms with Crippen molar-refractivity contribution in [3.05, 3.63) is 29.8 Å². The van der Waals surface area contributed by atoms with Gasteiger partial charge in [0.05, 0.1) is 65.0 Å². The van der Waals surface area contributed by atoms with Crippen molar-refractivity contribution in [2.45, 2.75) is 220 Å². The molecule has 0 spiro atoms. The summed E-state index contributed by atoms with van der Waals surface area (Å²) in [7, 11) is 0. The van der Waals surface area contributed by atoms with Crippen LogP contribution in [-0.2, 0) is 28.5 Å². The van der Waals surface area contributed by atoms with Gasteiger partial charge in [-0.15, -0.1) is 0 Å². The molecule has 0 aliphatic rings. The largest absolute Gasteiger partial charge is 0.490 e. The Bertz CT molecular complexity index is 1210. The van der Waals surface area contributed by atoms with Gasteiger partial charge in [-0.1, -0.05) is 201 Å². The maximum absolute atomic E-state index is 13.5. The third-order valence-electron chi connectivity index (χ3n) is 11.5. The van der Waals surface area contributed by atoms with E-state index in [2.05, 4.69) is 27.4 Å². The van der Waals surface area contributed by atoms with Gasteiger partial charge in [0.25, 0.3) is 0 Å². The number of carbonyl (C=O) groups is 2. The lowest BCUT2D eigenvalue weighted by molar-refractivity contribution is -0.140. The Balaban J connectivity index is 2.81. The molecule has 10 heteroatoms. The first kappa shape index (κ1) is 60.2. The van der Waals surface area contributed by atoms with Crippen molar-refractivity contribution in [2.24, 2.45) is 0 Å². The second-order valence-electron chi connectivity index (χ2n) is 17.8. The molecule has 0 saturated heterocycles. The minimum absolute atomic E-state index is 0.103. The highest BCUT2D eigenvalue weighted by Crippen LogP contribution is 2.40. The Kier molecular flexibility index (Phi) is 42.9. The van der Waals surface area contributed by atoms with E-state index in [0.717, 1.165) is 38.5 Å². The summed E-state index contributed by atoms with van der Waals surface area (Å²) in [6.07, 6.45) is 37.6. The van der Waals surface area contributed by atoms with E-state index in [0.29, 0.717) is 81.2 Å².